The second-order valence-corrected chi connectivity index (χ2v) is 6.84. The van der Waals surface area contributed by atoms with Gasteiger partial charge in [0.05, 0.1) is 4.90 Å². The predicted molar refractivity (Wildman–Crippen MR) is 77.7 cm³/mol. The van der Waals surface area contributed by atoms with Gasteiger partial charge in [0.1, 0.15) is 0 Å². The largest absolute Gasteiger partial charge is 0.382 e. The van der Waals surface area contributed by atoms with Crippen molar-refractivity contribution < 1.29 is 8.42 Å². The average molecular weight is 282 g/mol. The van der Waals surface area contributed by atoms with Crippen LogP contribution >= 0.6 is 0 Å². The van der Waals surface area contributed by atoms with Gasteiger partial charge in [-0.25, -0.2) is 13.6 Å². The number of sulfonamides is 1. The lowest BCUT2D eigenvalue weighted by atomic mass is 10.1. The van der Waals surface area contributed by atoms with Gasteiger partial charge in [-0.1, -0.05) is 31.7 Å². The molecule has 0 amide bonds. The van der Waals surface area contributed by atoms with Crippen LogP contribution in [-0.2, 0) is 10.0 Å². The zero-order valence-electron chi connectivity index (χ0n) is 11.4. The third-order valence-corrected chi connectivity index (χ3v) is 4.86. The molecule has 19 heavy (non-hydrogen) atoms. The minimum absolute atomic E-state index is 0.214. The summed E-state index contributed by atoms with van der Waals surface area (Å²) in [6, 6.07) is 5.67. The predicted octanol–water partition coefficient (Wildman–Crippen LogP) is 2.78. The van der Waals surface area contributed by atoms with E-state index < -0.39 is 10.0 Å². The summed E-state index contributed by atoms with van der Waals surface area (Å²) >= 11 is 0. The third kappa shape index (κ3) is 3.70. The molecule has 106 valence electrons. The highest BCUT2D eigenvalue weighted by Gasteiger charge is 2.17. The molecule has 1 aromatic carbocycles. The van der Waals surface area contributed by atoms with E-state index in [2.05, 4.69) is 5.32 Å². The summed E-state index contributed by atoms with van der Waals surface area (Å²) in [5.41, 5.74) is 1.60. The highest BCUT2D eigenvalue weighted by molar-refractivity contribution is 7.89. The van der Waals surface area contributed by atoms with Crippen LogP contribution in [0.3, 0.4) is 0 Å². The Kier molecular flexibility index (Phi) is 4.47. The first kappa shape index (κ1) is 14.3. The monoisotopic (exact) mass is 282 g/mol. The molecule has 0 spiro atoms. The van der Waals surface area contributed by atoms with E-state index in [0.717, 1.165) is 18.5 Å². The summed E-state index contributed by atoms with van der Waals surface area (Å²) in [7, 11) is -3.64. The number of nitrogens with one attached hydrogen (secondary N) is 1. The Morgan fingerprint density at radius 1 is 1.16 bits per heavy atom. The van der Waals surface area contributed by atoms with Crippen LogP contribution in [0.4, 0.5) is 5.69 Å². The summed E-state index contributed by atoms with van der Waals surface area (Å²) in [5, 5.41) is 8.71. The smallest absolute Gasteiger partial charge is 0.238 e. The first-order chi connectivity index (χ1) is 8.98. The molecule has 1 fully saturated rings. The quantitative estimate of drug-likeness (QED) is 0.837. The van der Waals surface area contributed by atoms with E-state index in [0.29, 0.717) is 11.6 Å². The SMILES string of the molecule is Cc1c(NC2CCCCCC2)cccc1S(N)(=O)=O. The van der Waals surface area contributed by atoms with E-state index >= 15 is 0 Å². The van der Waals surface area contributed by atoms with E-state index in [1.807, 2.05) is 6.07 Å². The molecule has 4 nitrogen and oxygen atoms in total. The van der Waals surface area contributed by atoms with Gasteiger partial charge in [-0.15, -0.1) is 0 Å². The third-order valence-electron chi connectivity index (χ3n) is 3.81. The van der Waals surface area contributed by atoms with E-state index in [9.17, 15) is 8.42 Å². The maximum Gasteiger partial charge on any atom is 0.238 e. The van der Waals surface area contributed by atoms with Crippen molar-refractivity contribution in [3.05, 3.63) is 23.8 Å². The van der Waals surface area contributed by atoms with Crippen molar-refractivity contribution in [1.82, 2.24) is 0 Å². The van der Waals surface area contributed by atoms with Crippen molar-refractivity contribution in [3.63, 3.8) is 0 Å². The molecule has 0 unspecified atom stereocenters. The Labute approximate surface area is 115 Å². The van der Waals surface area contributed by atoms with Gasteiger partial charge in [-0.3, -0.25) is 0 Å². The number of primary sulfonamides is 1. The van der Waals surface area contributed by atoms with Gasteiger partial charge in [-0.2, -0.15) is 0 Å². The molecule has 0 radical (unpaired) electrons. The molecule has 0 saturated heterocycles. The van der Waals surface area contributed by atoms with Gasteiger partial charge < -0.3 is 5.32 Å². The molecule has 0 aromatic heterocycles. The lowest BCUT2D eigenvalue weighted by Gasteiger charge is -2.20. The Morgan fingerprint density at radius 2 is 1.79 bits per heavy atom. The first-order valence-corrected chi connectivity index (χ1v) is 8.42. The van der Waals surface area contributed by atoms with Crippen LogP contribution in [0.1, 0.15) is 44.1 Å². The maximum absolute atomic E-state index is 11.5. The Bertz CT molecular complexity index is 532. The van der Waals surface area contributed by atoms with Crippen LogP contribution in [0.2, 0.25) is 0 Å². The van der Waals surface area contributed by atoms with Crippen LogP contribution in [0, 0.1) is 6.92 Å². The van der Waals surface area contributed by atoms with Gasteiger partial charge in [0.25, 0.3) is 0 Å². The van der Waals surface area contributed by atoms with Crippen molar-refractivity contribution in [2.75, 3.05) is 5.32 Å². The van der Waals surface area contributed by atoms with Crippen LogP contribution < -0.4 is 10.5 Å². The summed E-state index contributed by atoms with van der Waals surface area (Å²) < 4.78 is 23.0. The van der Waals surface area contributed by atoms with E-state index in [1.54, 1.807) is 19.1 Å². The summed E-state index contributed by atoms with van der Waals surface area (Å²) in [5.74, 6) is 0. The van der Waals surface area contributed by atoms with Crippen LogP contribution in [0.5, 0.6) is 0 Å². The summed E-state index contributed by atoms with van der Waals surface area (Å²) in [4.78, 5) is 0.214. The second kappa shape index (κ2) is 5.92. The summed E-state index contributed by atoms with van der Waals surface area (Å²) in [6.45, 7) is 1.80. The molecule has 1 aromatic rings. The van der Waals surface area contributed by atoms with E-state index in [-0.39, 0.29) is 4.90 Å². The fourth-order valence-electron chi connectivity index (χ4n) is 2.72. The molecular weight excluding hydrogens is 260 g/mol. The van der Waals surface area contributed by atoms with Gasteiger partial charge in [0.15, 0.2) is 0 Å². The van der Waals surface area contributed by atoms with Gasteiger partial charge >= 0.3 is 0 Å². The van der Waals surface area contributed by atoms with Gasteiger partial charge in [0.2, 0.25) is 10.0 Å². The molecule has 3 N–H and O–H groups in total. The molecule has 0 bridgehead atoms. The molecule has 1 aliphatic carbocycles. The number of hydrogen-bond donors (Lipinski definition) is 2. The molecule has 0 aliphatic heterocycles. The van der Waals surface area contributed by atoms with Crippen molar-refractivity contribution in [2.45, 2.75) is 56.4 Å². The second-order valence-electron chi connectivity index (χ2n) is 5.31. The zero-order chi connectivity index (χ0) is 13.9. The molecular formula is C14H22N2O2S. The highest BCUT2D eigenvalue weighted by atomic mass is 32.2. The Morgan fingerprint density at radius 3 is 2.37 bits per heavy atom. The van der Waals surface area contributed by atoms with E-state index in [4.69, 9.17) is 5.14 Å². The molecule has 0 heterocycles. The Hall–Kier alpha value is -1.07. The lowest BCUT2D eigenvalue weighted by Crippen LogP contribution is -2.20. The number of hydrogen-bond acceptors (Lipinski definition) is 3. The van der Waals surface area contributed by atoms with Crippen molar-refractivity contribution in [3.8, 4) is 0 Å². The van der Waals surface area contributed by atoms with Gasteiger partial charge in [0, 0.05) is 11.7 Å². The molecule has 0 atom stereocenters. The van der Waals surface area contributed by atoms with Crippen molar-refractivity contribution in [1.29, 1.82) is 0 Å². The fourth-order valence-corrected chi connectivity index (χ4v) is 3.53. The molecule has 1 saturated carbocycles. The van der Waals surface area contributed by atoms with Crippen molar-refractivity contribution in [2.24, 2.45) is 5.14 Å². The molecule has 5 heteroatoms. The normalized spacial score (nSPS) is 18.0. The number of nitrogens with two attached hydrogens (primary N) is 1. The zero-order valence-corrected chi connectivity index (χ0v) is 12.2. The first-order valence-electron chi connectivity index (χ1n) is 6.87. The van der Waals surface area contributed by atoms with Crippen LogP contribution in [0.25, 0.3) is 0 Å². The minimum atomic E-state index is -3.64. The molecule has 1 aliphatic rings. The number of anilines is 1. The standard InChI is InChI=1S/C14H22N2O2S/c1-11-13(9-6-10-14(11)19(15,17)18)16-12-7-4-2-3-5-8-12/h6,9-10,12,16H,2-5,7-8H2,1H3,(H2,15,17,18). The highest BCUT2D eigenvalue weighted by Crippen LogP contribution is 2.26. The van der Waals surface area contributed by atoms with Crippen LogP contribution in [-0.4, -0.2) is 14.5 Å². The minimum Gasteiger partial charge on any atom is -0.382 e. The van der Waals surface area contributed by atoms with Crippen LogP contribution in [0.15, 0.2) is 23.1 Å². The van der Waals surface area contributed by atoms with Gasteiger partial charge in [-0.05, 0) is 37.5 Å². The van der Waals surface area contributed by atoms with E-state index in [1.165, 1.54) is 25.7 Å². The average Bonchev–Trinajstić information content (AvgIpc) is 2.59. The number of rotatable bonds is 3. The summed E-state index contributed by atoms with van der Waals surface area (Å²) in [6.07, 6.45) is 7.39. The molecule has 2 rings (SSSR count). The Balaban J connectivity index is 2.21. The maximum atomic E-state index is 11.5. The fraction of sp³-hybridized carbons (Fsp3) is 0.571. The number of benzene rings is 1. The topological polar surface area (TPSA) is 72.2 Å². The lowest BCUT2D eigenvalue weighted by molar-refractivity contribution is 0.596. The van der Waals surface area contributed by atoms with Crippen molar-refractivity contribution >= 4 is 15.7 Å².